The van der Waals surface area contributed by atoms with Gasteiger partial charge >= 0.3 is 5.97 Å². The standard InChI is InChI=1S/C13H12N4O4S/c1-2-21-12(20)7-3-5-8(6-4-7)16-17-9-10(18)14-13(22)15-11(9)19/h3-6H,2H2,1H3,(H3,14,15,18,19,22). The summed E-state index contributed by atoms with van der Waals surface area (Å²) in [5, 5.41) is 17.0. The van der Waals surface area contributed by atoms with Crippen LogP contribution in [0.15, 0.2) is 39.3 Å². The molecule has 114 valence electrons. The Bertz CT molecular complexity index is 823. The van der Waals surface area contributed by atoms with Gasteiger partial charge in [0.15, 0.2) is 4.77 Å². The molecular weight excluding hydrogens is 308 g/mol. The van der Waals surface area contributed by atoms with Crippen molar-refractivity contribution >= 4 is 29.6 Å². The van der Waals surface area contributed by atoms with Crippen molar-refractivity contribution in [2.45, 2.75) is 6.92 Å². The molecule has 0 spiro atoms. The number of ether oxygens (including phenoxy) is 1. The van der Waals surface area contributed by atoms with E-state index < -0.39 is 17.4 Å². The van der Waals surface area contributed by atoms with Gasteiger partial charge < -0.3 is 14.8 Å². The number of carbonyl (C=O) groups excluding carboxylic acids is 1. The van der Waals surface area contributed by atoms with Gasteiger partial charge in [-0.2, -0.15) is 5.11 Å². The zero-order chi connectivity index (χ0) is 16.1. The zero-order valence-corrected chi connectivity index (χ0v) is 12.3. The second kappa shape index (κ2) is 6.76. The second-order valence-corrected chi connectivity index (χ2v) is 4.48. The molecule has 0 aliphatic carbocycles. The van der Waals surface area contributed by atoms with E-state index in [2.05, 4.69) is 20.2 Å². The highest BCUT2D eigenvalue weighted by atomic mass is 32.1. The lowest BCUT2D eigenvalue weighted by atomic mass is 10.2. The van der Waals surface area contributed by atoms with Gasteiger partial charge in [0.2, 0.25) is 11.6 Å². The van der Waals surface area contributed by atoms with Crippen LogP contribution in [0.4, 0.5) is 11.4 Å². The number of esters is 1. The summed E-state index contributed by atoms with van der Waals surface area (Å²) < 4.78 is 4.84. The average molecular weight is 320 g/mol. The number of H-pyrrole nitrogens is 2. The minimum atomic E-state index is -0.659. The first-order valence-corrected chi connectivity index (χ1v) is 6.66. The molecule has 9 heteroatoms. The molecule has 0 aliphatic heterocycles. The molecule has 0 bridgehead atoms. The van der Waals surface area contributed by atoms with Gasteiger partial charge in [-0.1, -0.05) is 0 Å². The second-order valence-electron chi connectivity index (χ2n) is 4.07. The van der Waals surface area contributed by atoms with Crippen LogP contribution >= 0.6 is 12.2 Å². The molecule has 0 atom stereocenters. The number of nitrogens with one attached hydrogen (secondary N) is 2. The Hall–Kier alpha value is -2.81. The zero-order valence-electron chi connectivity index (χ0n) is 11.5. The number of aromatic amines is 2. The molecule has 0 unspecified atom stereocenters. The summed E-state index contributed by atoms with van der Waals surface area (Å²) in [7, 11) is 0. The highest BCUT2D eigenvalue weighted by Gasteiger charge is 2.07. The number of rotatable bonds is 4. The molecule has 1 heterocycles. The number of nitrogens with zero attached hydrogens (tertiary/aromatic N) is 2. The van der Waals surface area contributed by atoms with Crippen LogP contribution in [0, 0.1) is 4.77 Å². The maximum Gasteiger partial charge on any atom is 0.338 e. The van der Waals surface area contributed by atoms with E-state index in [1.807, 2.05) is 0 Å². The molecule has 8 nitrogen and oxygen atoms in total. The Morgan fingerprint density at radius 2 is 1.95 bits per heavy atom. The molecule has 0 aliphatic rings. The van der Waals surface area contributed by atoms with Crippen LogP contribution in [0.25, 0.3) is 0 Å². The Balaban J connectivity index is 2.23. The first-order valence-electron chi connectivity index (χ1n) is 6.25. The molecule has 0 fully saturated rings. The van der Waals surface area contributed by atoms with Crippen molar-refractivity contribution in [1.29, 1.82) is 0 Å². The number of carbonyl (C=O) groups is 1. The van der Waals surface area contributed by atoms with E-state index in [1.165, 1.54) is 24.3 Å². The summed E-state index contributed by atoms with van der Waals surface area (Å²) in [4.78, 5) is 27.7. The molecule has 2 aromatic rings. The minimum absolute atomic E-state index is 0.0137. The third-order valence-corrected chi connectivity index (χ3v) is 2.75. The molecular formula is C13H12N4O4S. The predicted molar refractivity (Wildman–Crippen MR) is 80.5 cm³/mol. The molecule has 0 saturated heterocycles. The minimum Gasteiger partial charge on any atom is -0.493 e. The van der Waals surface area contributed by atoms with E-state index in [-0.39, 0.29) is 17.1 Å². The summed E-state index contributed by atoms with van der Waals surface area (Å²) in [6.45, 7) is 2.01. The smallest absolute Gasteiger partial charge is 0.338 e. The fraction of sp³-hybridized carbons (Fsp3) is 0.154. The van der Waals surface area contributed by atoms with Crippen LogP contribution in [0.1, 0.15) is 17.3 Å². The summed E-state index contributed by atoms with van der Waals surface area (Å²) in [5.74, 6) is -0.906. The van der Waals surface area contributed by atoms with Crippen LogP contribution < -0.4 is 5.56 Å². The average Bonchev–Trinajstić information content (AvgIpc) is 2.47. The number of azo groups is 1. The normalized spacial score (nSPS) is 10.8. The SMILES string of the molecule is CCOC(=O)c1ccc(N=Nc2c(O)[nH]c(=S)[nH]c2=O)cc1. The number of hydrogen-bond donors (Lipinski definition) is 3. The first-order chi connectivity index (χ1) is 10.5. The number of hydrogen-bond acceptors (Lipinski definition) is 7. The van der Waals surface area contributed by atoms with Crippen LogP contribution in [0.2, 0.25) is 0 Å². The van der Waals surface area contributed by atoms with Crippen molar-refractivity contribution in [2.75, 3.05) is 6.61 Å². The van der Waals surface area contributed by atoms with E-state index in [0.717, 1.165) is 0 Å². The number of benzene rings is 1. The molecule has 1 aromatic carbocycles. The molecule has 1 aromatic heterocycles. The number of aromatic hydroxyl groups is 1. The molecule has 3 N–H and O–H groups in total. The highest BCUT2D eigenvalue weighted by molar-refractivity contribution is 7.71. The van der Waals surface area contributed by atoms with Crippen molar-refractivity contribution in [1.82, 2.24) is 9.97 Å². The Morgan fingerprint density at radius 3 is 2.55 bits per heavy atom. The Labute approximate surface area is 129 Å². The summed E-state index contributed by atoms with van der Waals surface area (Å²) in [6.07, 6.45) is 0. The largest absolute Gasteiger partial charge is 0.493 e. The van der Waals surface area contributed by atoms with E-state index in [0.29, 0.717) is 11.3 Å². The van der Waals surface area contributed by atoms with Crippen molar-refractivity contribution in [3.63, 3.8) is 0 Å². The fourth-order valence-corrected chi connectivity index (χ4v) is 1.74. The van der Waals surface area contributed by atoms with Crippen molar-refractivity contribution < 1.29 is 14.6 Å². The summed E-state index contributed by atoms with van der Waals surface area (Å²) in [6, 6.07) is 6.11. The maximum atomic E-state index is 11.6. The lowest BCUT2D eigenvalue weighted by molar-refractivity contribution is 0.0526. The lowest BCUT2D eigenvalue weighted by Crippen LogP contribution is -2.06. The van der Waals surface area contributed by atoms with Gasteiger partial charge in [0.05, 0.1) is 17.9 Å². The third-order valence-electron chi connectivity index (χ3n) is 2.54. The Morgan fingerprint density at radius 1 is 1.27 bits per heavy atom. The number of aromatic nitrogens is 2. The quantitative estimate of drug-likeness (QED) is 0.454. The van der Waals surface area contributed by atoms with Crippen molar-refractivity contribution in [2.24, 2.45) is 10.2 Å². The Kier molecular flexibility index (Phi) is 4.79. The lowest BCUT2D eigenvalue weighted by Gasteiger charge is -2.01. The van der Waals surface area contributed by atoms with E-state index in [4.69, 9.17) is 17.0 Å². The maximum absolute atomic E-state index is 11.6. The molecule has 0 saturated carbocycles. The monoisotopic (exact) mass is 320 g/mol. The van der Waals surface area contributed by atoms with Crippen LogP contribution in [0.3, 0.4) is 0 Å². The van der Waals surface area contributed by atoms with E-state index in [9.17, 15) is 14.7 Å². The van der Waals surface area contributed by atoms with Gasteiger partial charge in [-0.15, -0.1) is 5.11 Å². The summed E-state index contributed by atoms with van der Waals surface area (Å²) >= 11 is 4.70. The summed E-state index contributed by atoms with van der Waals surface area (Å²) in [5.41, 5.74) is -0.171. The van der Waals surface area contributed by atoms with E-state index in [1.54, 1.807) is 6.92 Å². The van der Waals surface area contributed by atoms with Gasteiger partial charge in [-0.05, 0) is 43.4 Å². The van der Waals surface area contributed by atoms with Gasteiger partial charge in [-0.3, -0.25) is 9.78 Å². The highest BCUT2D eigenvalue weighted by Crippen LogP contribution is 2.21. The van der Waals surface area contributed by atoms with Crippen LogP contribution in [0.5, 0.6) is 5.88 Å². The van der Waals surface area contributed by atoms with Gasteiger partial charge in [-0.25, -0.2) is 4.79 Å². The van der Waals surface area contributed by atoms with E-state index >= 15 is 0 Å². The van der Waals surface area contributed by atoms with Gasteiger partial charge in [0.1, 0.15) is 0 Å². The van der Waals surface area contributed by atoms with Crippen LogP contribution in [-0.2, 0) is 4.74 Å². The van der Waals surface area contributed by atoms with Gasteiger partial charge in [0.25, 0.3) is 5.56 Å². The predicted octanol–water partition coefficient (Wildman–Crippen LogP) is 2.73. The van der Waals surface area contributed by atoms with Gasteiger partial charge in [0, 0.05) is 0 Å². The van der Waals surface area contributed by atoms with Crippen molar-refractivity contribution in [3.05, 3.63) is 45.0 Å². The van der Waals surface area contributed by atoms with Crippen LogP contribution in [-0.4, -0.2) is 27.7 Å². The fourth-order valence-electron chi connectivity index (χ4n) is 1.55. The molecule has 0 radical (unpaired) electrons. The molecule has 0 amide bonds. The molecule has 22 heavy (non-hydrogen) atoms. The van der Waals surface area contributed by atoms with Crippen molar-refractivity contribution in [3.8, 4) is 5.88 Å². The molecule has 2 rings (SSSR count). The topological polar surface area (TPSA) is 120 Å². The third kappa shape index (κ3) is 3.64. The first kappa shape index (κ1) is 15.6.